The topological polar surface area (TPSA) is 195 Å². The van der Waals surface area contributed by atoms with Crippen molar-refractivity contribution >= 4 is 41.6 Å². The van der Waals surface area contributed by atoms with Crippen LogP contribution in [0.5, 0.6) is 0 Å². The quantitative estimate of drug-likeness (QED) is 0.153. The monoisotopic (exact) mass is 867 g/mol. The van der Waals surface area contributed by atoms with Gasteiger partial charge in [-0.25, -0.2) is 4.79 Å². The lowest BCUT2D eigenvalue weighted by Gasteiger charge is -2.36. The fourth-order valence-electron chi connectivity index (χ4n) is 6.64. The molecule has 0 spiro atoms. The highest BCUT2D eigenvalue weighted by Crippen LogP contribution is 2.19. The Balaban J connectivity index is 2.48. The Hall–Kier alpha value is -5.51. The first kappa shape index (κ1) is 52.6. The third-order valence-corrected chi connectivity index (χ3v) is 10.3. The van der Waals surface area contributed by atoms with Gasteiger partial charge in [-0.3, -0.25) is 33.7 Å². The summed E-state index contributed by atoms with van der Waals surface area (Å²) >= 11 is 0. The highest BCUT2D eigenvalue weighted by Gasteiger charge is 2.39. The lowest BCUT2D eigenvalue weighted by molar-refractivity contribution is -0.149. The van der Waals surface area contributed by atoms with Crippen molar-refractivity contribution in [3.8, 4) is 0 Å². The van der Waals surface area contributed by atoms with Crippen molar-refractivity contribution < 1.29 is 48.1 Å². The summed E-state index contributed by atoms with van der Waals surface area (Å²) in [5.41, 5.74) is 0.766. The molecule has 0 radical (unpaired) electrons. The van der Waals surface area contributed by atoms with Crippen molar-refractivity contribution in [2.24, 2.45) is 11.8 Å². The van der Waals surface area contributed by atoms with Crippen LogP contribution >= 0.6 is 0 Å². The molecule has 0 aromatic heterocycles. The Morgan fingerprint density at radius 2 is 1.15 bits per heavy atom. The maximum Gasteiger partial charge on any atom is 0.410 e. The molecule has 62 heavy (non-hydrogen) atoms. The van der Waals surface area contributed by atoms with Gasteiger partial charge in [0.2, 0.25) is 29.5 Å². The molecule has 2 aromatic rings. The minimum atomic E-state index is -1.32. The first-order valence-corrected chi connectivity index (χ1v) is 21.1. The van der Waals surface area contributed by atoms with E-state index >= 15 is 0 Å². The second-order valence-electron chi connectivity index (χ2n) is 17.8. The number of nitrogens with zero attached hydrogens (tertiary/aromatic N) is 4. The summed E-state index contributed by atoms with van der Waals surface area (Å²) in [4.78, 5) is 100. The second-order valence-corrected chi connectivity index (χ2v) is 17.8. The number of carboxylic acids is 1. The number of hydrogen-bond acceptors (Lipinski definition) is 9. The average molecular weight is 867 g/mol. The van der Waals surface area contributed by atoms with Gasteiger partial charge in [-0.15, -0.1) is 0 Å². The van der Waals surface area contributed by atoms with E-state index in [2.05, 4.69) is 10.6 Å². The minimum Gasteiger partial charge on any atom is -0.480 e. The summed E-state index contributed by atoms with van der Waals surface area (Å²) in [5.74, 6) is -4.54. The van der Waals surface area contributed by atoms with Gasteiger partial charge >= 0.3 is 12.1 Å². The van der Waals surface area contributed by atoms with E-state index in [-0.39, 0.29) is 37.7 Å². The van der Waals surface area contributed by atoms with E-state index in [0.29, 0.717) is 0 Å². The van der Waals surface area contributed by atoms with Crippen molar-refractivity contribution in [2.45, 2.75) is 130 Å². The summed E-state index contributed by atoms with van der Waals surface area (Å²) in [6.07, 6.45) is -1.17. The van der Waals surface area contributed by atoms with Crippen molar-refractivity contribution in [2.75, 3.05) is 34.7 Å². The van der Waals surface area contributed by atoms with E-state index in [0.717, 1.165) is 16.0 Å². The highest BCUT2D eigenvalue weighted by atomic mass is 16.6. The molecule has 2 aromatic carbocycles. The molecule has 0 saturated heterocycles. The van der Waals surface area contributed by atoms with E-state index in [9.17, 15) is 38.7 Å². The zero-order chi connectivity index (χ0) is 47.1. The largest absolute Gasteiger partial charge is 0.480 e. The summed E-state index contributed by atoms with van der Waals surface area (Å²) in [5, 5.41) is 15.1. The normalized spacial score (nSPS) is 14.4. The first-order chi connectivity index (χ1) is 28.8. The maximum atomic E-state index is 14.6. The third kappa shape index (κ3) is 16.7. The molecular weight excluding hydrogens is 797 g/mol. The molecule has 0 bridgehead atoms. The van der Waals surface area contributed by atoms with Gasteiger partial charge in [0.15, 0.2) is 0 Å². The van der Waals surface area contributed by atoms with Crippen molar-refractivity contribution in [1.29, 1.82) is 0 Å². The summed E-state index contributed by atoms with van der Waals surface area (Å²) in [6, 6.07) is 12.6. The maximum absolute atomic E-state index is 14.6. The molecular formula is C46H70N6O10. The zero-order valence-electron chi connectivity index (χ0n) is 38.8. The fourth-order valence-corrected chi connectivity index (χ4v) is 6.64. The molecule has 0 heterocycles. The van der Waals surface area contributed by atoms with Crippen molar-refractivity contribution in [1.82, 2.24) is 30.2 Å². The summed E-state index contributed by atoms with van der Waals surface area (Å²) in [7, 11) is 5.69. The number of rotatable bonds is 22. The van der Waals surface area contributed by atoms with Crippen molar-refractivity contribution in [3.05, 3.63) is 71.8 Å². The Morgan fingerprint density at radius 1 is 0.645 bits per heavy atom. The molecule has 16 heteroatoms. The number of carbonyl (C=O) groups is 7. The van der Waals surface area contributed by atoms with Crippen LogP contribution in [0.15, 0.2) is 60.7 Å². The predicted octanol–water partition coefficient (Wildman–Crippen LogP) is 4.35. The SMILES string of the molecule is CC(C)C[C@H](NC(=O)[C@H](Cc1ccccc1)N(C)C(=O)[C@H](C)N(C)C(=O)OC(C)(C)C)C(=O)N(C)[C@@H](CC(C)C)C(=O)N[C@H](C(=O)N(C)CC(=O)O)[C@@H](C)OCc1ccccc1. The number of ether oxygens (including phenoxy) is 2. The van der Waals surface area contributed by atoms with E-state index in [4.69, 9.17) is 9.47 Å². The van der Waals surface area contributed by atoms with Gasteiger partial charge in [0.05, 0.1) is 12.7 Å². The minimum absolute atomic E-state index is 0.0882. The van der Waals surface area contributed by atoms with Gasteiger partial charge in [0, 0.05) is 34.6 Å². The number of likely N-dealkylation sites (N-methyl/N-ethyl adjacent to an activating group) is 4. The third-order valence-electron chi connectivity index (χ3n) is 10.3. The molecule has 0 unspecified atom stereocenters. The summed E-state index contributed by atoms with van der Waals surface area (Å²) < 4.78 is 11.5. The predicted molar refractivity (Wildman–Crippen MR) is 235 cm³/mol. The number of benzene rings is 2. The van der Waals surface area contributed by atoms with E-state index in [1.165, 1.54) is 42.9 Å². The second kappa shape index (κ2) is 24.2. The molecule has 0 aliphatic carbocycles. The first-order valence-electron chi connectivity index (χ1n) is 21.1. The summed E-state index contributed by atoms with van der Waals surface area (Å²) in [6.45, 7) is 15.3. The molecule has 6 amide bonds. The van der Waals surface area contributed by atoms with Crippen LogP contribution in [-0.2, 0) is 51.3 Å². The molecule has 0 aliphatic rings. The number of nitrogens with one attached hydrogen (secondary N) is 2. The van der Waals surface area contributed by atoms with Crippen LogP contribution in [0.2, 0.25) is 0 Å². The van der Waals surface area contributed by atoms with Crippen LogP contribution in [0.3, 0.4) is 0 Å². The lowest BCUT2D eigenvalue weighted by Crippen LogP contribution is -2.61. The zero-order valence-corrected chi connectivity index (χ0v) is 38.8. The van der Waals surface area contributed by atoms with E-state index in [1.807, 2.05) is 88.4 Å². The van der Waals surface area contributed by atoms with Gasteiger partial charge in [-0.2, -0.15) is 0 Å². The Morgan fingerprint density at radius 3 is 1.65 bits per heavy atom. The van der Waals surface area contributed by atoms with Crippen LogP contribution in [0.25, 0.3) is 0 Å². The molecule has 3 N–H and O–H groups in total. The molecule has 2 rings (SSSR count). The molecule has 0 fully saturated rings. The molecule has 344 valence electrons. The number of hydrogen-bond donors (Lipinski definition) is 3. The van der Waals surface area contributed by atoms with Crippen LogP contribution in [0.4, 0.5) is 4.79 Å². The van der Waals surface area contributed by atoms with Crippen LogP contribution in [-0.4, -0.2) is 143 Å². The molecule has 6 atom stereocenters. The van der Waals surface area contributed by atoms with Gasteiger partial charge in [0.1, 0.15) is 42.4 Å². The smallest absolute Gasteiger partial charge is 0.410 e. The molecule has 0 saturated carbocycles. The Labute approximate surface area is 367 Å². The van der Waals surface area contributed by atoms with Crippen LogP contribution in [0, 0.1) is 11.8 Å². The molecule has 0 aliphatic heterocycles. The van der Waals surface area contributed by atoms with Gasteiger partial charge < -0.3 is 39.9 Å². The number of amides is 6. The van der Waals surface area contributed by atoms with Crippen LogP contribution < -0.4 is 10.6 Å². The number of aliphatic carboxylic acids is 1. The van der Waals surface area contributed by atoms with Gasteiger partial charge in [-0.05, 0) is 70.4 Å². The Kier molecular flexibility index (Phi) is 20.6. The van der Waals surface area contributed by atoms with Crippen LogP contribution in [0.1, 0.15) is 86.3 Å². The number of carbonyl (C=O) groups excluding carboxylic acids is 6. The molecule has 16 nitrogen and oxygen atoms in total. The van der Waals surface area contributed by atoms with Gasteiger partial charge in [0.25, 0.3) is 0 Å². The van der Waals surface area contributed by atoms with E-state index < -0.39 is 90.1 Å². The lowest BCUT2D eigenvalue weighted by atomic mass is 9.97. The standard InChI is InChI=1S/C46H70N6O10/c1-29(2)24-35(47-40(55)37(26-33-20-16-14-17-21-33)51(12)42(57)31(5)50(11)45(60)62-46(7,8)9)43(58)52(13)36(25-30(3)4)41(56)48-39(44(59)49(10)27-38(53)54)32(6)61-28-34-22-18-15-19-23-34/h14-23,29-32,35-37,39H,24-28H2,1-13H3,(H,47,55)(H,48,56)(H,53,54)/t31-,32+,35-,36-,37-,39-/m0/s1. The van der Waals surface area contributed by atoms with Crippen molar-refractivity contribution in [3.63, 3.8) is 0 Å². The average Bonchev–Trinajstić information content (AvgIpc) is 3.20. The fraction of sp³-hybridized carbons (Fsp3) is 0.587. The highest BCUT2D eigenvalue weighted by molar-refractivity contribution is 5.96. The van der Waals surface area contributed by atoms with Gasteiger partial charge in [-0.1, -0.05) is 88.4 Å². The Bertz CT molecular complexity index is 1800. The number of carboxylic acid groups (broad SMARTS) is 1. The van der Waals surface area contributed by atoms with E-state index in [1.54, 1.807) is 34.6 Å².